The van der Waals surface area contributed by atoms with Crippen molar-refractivity contribution in [2.75, 3.05) is 7.05 Å². The maximum Gasteiger partial charge on any atom is 0.274 e. The molecule has 1 amide bonds. The zero-order chi connectivity index (χ0) is 18.7. The number of aromatic nitrogens is 4. The summed E-state index contributed by atoms with van der Waals surface area (Å²) in [7, 11) is 3.57. The molecule has 0 saturated carbocycles. The van der Waals surface area contributed by atoms with E-state index in [0.29, 0.717) is 23.0 Å². The van der Waals surface area contributed by atoms with Gasteiger partial charge in [-0.2, -0.15) is 10.2 Å². The van der Waals surface area contributed by atoms with E-state index in [9.17, 15) is 4.79 Å². The number of carbonyl (C=O) groups excluding carboxylic acids is 1. The first-order valence-electron chi connectivity index (χ1n) is 7.76. The highest BCUT2D eigenvalue weighted by Gasteiger charge is 2.16. The van der Waals surface area contributed by atoms with E-state index in [0.717, 1.165) is 10.0 Å². The third-order valence-electron chi connectivity index (χ3n) is 3.63. The number of hydrogen-bond donors (Lipinski definition) is 0. The van der Waals surface area contributed by atoms with Crippen molar-refractivity contribution in [1.29, 1.82) is 0 Å². The van der Waals surface area contributed by atoms with Gasteiger partial charge in [0, 0.05) is 43.6 Å². The second-order valence-corrected chi connectivity index (χ2v) is 7.06. The number of halogens is 2. The largest absolute Gasteiger partial charge is 0.470 e. The van der Waals surface area contributed by atoms with Crippen LogP contribution >= 0.6 is 27.5 Å². The predicted molar refractivity (Wildman–Crippen MR) is 101 cm³/mol. The summed E-state index contributed by atoms with van der Waals surface area (Å²) >= 11 is 9.31. The lowest BCUT2D eigenvalue weighted by Gasteiger charge is -2.14. The van der Waals surface area contributed by atoms with Gasteiger partial charge in [0.2, 0.25) is 0 Å². The molecule has 2 heterocycles. The molecular weight excluding hydrogens is 422 g/mol. The van der Waals surface area contributed by atoms with E-state index in [1.165, 1.54) is 0 Å². The summed E-state index contributed by atoms with van der Waals surface area (Å²) in [5.41, 5.74) is 1.31. The molecule has 0 radical (unpaired) electrons. The average molecular weight is 439 g/mol. The summed E-state index contributed by atoms with van der Waals surface area (Å²) in [4.78, 5) is 14.1. The summed E-state index contributed by atoms with van der Waals surface area (Å²) in [5, 5.41) is 9.00. The fourth-order valence-corrected chi connectivity index (χ4v) is 3.17. The van der Waals surface area contributed by atoms with Gasteiger partial charge in [-0.25, -0.2) is 4.68 Å². The van der Waals surface area contributed by atoms with Crippen molar-refractivity contribution in [2.45, 2.75) is 13.3 Å². The lowest BCUT2D eigenvalue weighted by Crippen LogP contribution is -2.26. The average Bonchev–Trinajstić information content (AvgIpc) is 3.22. The Kier molecular flexibility index (Phi) is 5.63. The van der Waals surface area contributed by atoms with Crippen molar-refractivity contribution in [2.24, 2.45) is 7.05 Å². The Morgan fingerprint density at radius 2 is 2.19 bits per heavy atom. The van der Waals surface area contributed by atoms with Crippen molar-refractivity contribution >= 4 is 33.4 Å². The third kappa shape index (κ3) is 4.44. The fourth-order valence-electron chi connectivity index (χ4n) is 2.37. The van der Waals surface area contributed by atoms with E-state index in [1.807, 2.05) is 13.2 Å². The number of hydrogen-bond acceptors (Lipinski definition) is 4. The van der Waals surface area contributed by atoms with Crippen LogP contribution in [0.3, 0.4) is 0 Å². The van der Waals surface area contributed by atoms with Crippen LogP contribution in [-0.2, 0) is 20.3 Å². The van der Waals surface area contributed by atoms with Crippen molar-refractivity contribution in [3.63, 3.8) is 0 Å². The lowest BCUT2D eigenvalue weighted by molar-refractivity contribution is 0.0777. The molecule has 0 fully saturated rings. The van der Waals surface area contributed by atoms with Crippen LogP contribution in [-0.4, -0.2) is 37.4 Å². The Balaban J connectivity index is 1.60. The van der Waals surface area contributed by atoms with Gasteiger partial charge in [-0.3, -0.25) is 9.48 Å². The summed E-state index contributed by atoms with van der Waals surface area (Å²) in [6.45, 7) is 0.646. The van der Waals surface area contributed by atoms with Crippen LogP contribution in [0.2, 0.25) is 5.02 Å². The molecule has 0 saturated heterocycles. The minimum absolute atomic E-state index is 0.166. The predicted octanol–water partition coefficient (Wildman–Crippen LogP) is 3.34. The van der Waals surface area contributed by atoms with E-state index in [1.54, 1.807) is 58.0 Å². The molecule has 0 aliphatic rings. The first-order chi connectivity index (χ1) is 12.4. The minimum atomic E-state index is -0.166. The van der Waals surface area contributed by atoms with Crippen molar-refractivity contribution in [1.82, 2.24) is 24.5 Å². The molecule has 0 aliphatic heterocycles. The molecule has 1 aromatic carbocycles. The third-order valence-corrected chi connectivity index (χ3v) is 4.49. The van der Waals surface area contributed by atoms with Gasteiger partial charge >= 0.3 is 0 Å². The second kappa shape index (κ2) is 7.92. The van der Waals surface area contributed by atoms with Crippen molar-refractivity contribution in [3.8, 4) is 5.75 Å². The summed E-state index contributed by atoms with van der Waals surface area (Å²) in [5.74, 6) is 0.478. The highest BCUT2D eigenvalue weighted by atomic mass is 79.9. The molecule has 0 unspecified atom stereocenters. The molecule has 2 aromatic heterocycles. The zero-order valence-electron chi connectivity index (χ0n) is 14.3. The summed E-state index contributed by atoms with van der Waals surface area (Å²) < 4.78 is 9.71. The maximum absolute atomic E-state index is 12.5. The number of nitrogens with zero attached hydrogens (tertiary/aromatic N) is 5. The fraction of sp³-hybridized carbons (Fsp3) is 0.235. The van der Waals surface area contributed by atoms with Crippen LogP contribution in [0.25, 0.3) is 0 Å². The molecule has 0 spiro atoms. The summed E-state index contributed by atoms with van der Waals surface area (Å²) in [6.07, 6.45) is 5.31. The quantitative estimate of drug-likeness (QED) is 0.592. The van der Waals surface area contributed by atoms with Crippen molar-refractivity contribution in [3.05, 3.63) is 63.6 Å². The molecule has 7 nitrogen and oxygen atoms in total. The monoisotopic (exact) mass is 437 g/mol. The van der Waals surface area contributed by atoms with E-state index in [4.69, 9.17) is 16.3 Å². The van der Waals surface area contributed by atoms with Crippen LogP contribution in [0.1, 0.15) is 16.1 Å². The van der Waals surface area contributed by atoms with Gasteiger partial charge in [0.05, 0.1) is 10.7 Å². The lowest BCUT2D eigenvalue weighted by atomic mass is 10.3. The zero-order valence-corrected chi connectivity index (χ0v) is 16.6. The van der Waals surface area contributed by atoms with Gasteiger partial charge < -0.3 is 9.64 Å². The van der Waals surface area contributed by atoms with Crippen LogP contribution in [0.15, 0.2) is 47.3 Å². The molecule has 9 heteroatoms. The highest BCUT2D eigenvalue weighted by Crippen LogP contribution is 2.28. The summed E-state index contributed by atoms with van der Waals surface area (Å²) in [6, 6.07) is 6.93. The Hall–Kier alpha value is -2.32. The smallest absolute Gasteiger partial charge is 0.274 e. The normalized spacial score (nSPS) is 10.8. The van der Waals surface area contributed by atoms with Crippen molar-refractivity contribution < 1.29 is 9.53 Å². The first-order valence-corrected chi connectivity index (χ1v) is 8.94. The van der Waals surface area contributed by atoms with E-state index in [-0.39, 0.29) is 12.6 Å². The Morgan fingerprint density at radius 1 is 1.38 bits per heavy atom. The number of carbonyl (C=O) groups is 1. The minimum Gasteiger partial charge on any atom is -0.470 e. The molecule has 3 rings (SSSR count). The van der Waals surface area contributed by atoms with Crippen LogP contribution in [0, 0.1) is 0 Å². The molecule has 0 N–H and O–H groups in total. The molecule has 3 aromatic rings. The van der Waals surface area contributed by atoms with Gasteiger partial charge in [-0.1, -0.05) is 11.6 Å². The van der Waals surface area contributed by atoms with E-state index < -0.39 is 0 Å². The number of rotatable bonds is 6. The SMILES string of the molecule is CN(Cc1cnn(C)c1)C(=O)c1ccn(COc2ccc(Cl)cc2Br)n1. The first kappa shape index (κ1) is 18.5. The van der Waals surface area contributed by atoms with E-state index in [2.05, 4.69) is 26.1 Å². The van der Waals surface area contributed by atoms with Crippen LogP contribution < -0.4 is 4.74 Å². The molecule has 0 atom stereocenters. The Labute approximate surface area is 164 Å². The van der Waals surface area contributed by atoms with Crippen LogP contribution in [0.4, 0.5) is 0 Å². The topological polar surface area (TPSA) is 65.2 Å². The van der Waals surface area contributed by atoms with Crippen LogP contribution in [0.5, 0.6) is 5.75 Å². The molecule has 0 bridgehead atoms. The van der Waals surface area contributed by atoms with Gasteiger partial charge in [0.25, 0.3) is 5.91 Å². The Morgan fingerprint density at radius 3 is 2.88 bits per heavy atom. The molecule has 26 heavy (non-hydrogen) atoms. The number of benzene rings is 1. The second-order valence-electron chi connectivity index (χ2n) is 5.77. The van der Waals surface area contributed by atoms with Gasteiger partial charge in [-0.15, -0.1) is 0 Å². The van der Waals surface area contributed by atoms with Gasteiger partial charge in [0.1, 0.15) is 5.75 Å². The number of amides is 1. The maximum atomic E-state index is 12.5. The molecule has 136 valence electrons. The number of ether oxygens (including phenoxy) is 1. The van der Waals surface area contributed by atoms with Gasteiger partial charge in [0.15, 0.2) is 12.4 Å². The molecule has 0 aliphatic carbocycles. The highest BCUT2D eigenvalue weighted by molar-refractivity contribution is 9.10. The van der Waals surface area contributed by atoms with E-state index >= 15 is 0 Å². The Bertz CT molecular complexity index is 924. The molecular formula is C17H17BrClN5O2. The van der Waals surface area contributed by atoms with Gasteiger partial charge in [-0.05, 0) is 40.2 Å². The number of aryl methyl sites for hydroxylation is 1. The standard InChI is InChI=1S/C17H17BrClN5O2/c1-22(9-12-8-20-23(2)10-12)17(25)15-5-6-24(21-15)11-26-16-4-3-13(19)7-14(16)18/h3-8,10H,9,11H2,1-2H3.